The smallest absolute Gasteiger partial charge is 0.190 e. The van der Waals surface area contributed by atoms with E-state index in [1.807, 2.05) is 7.05 Å². The molecule has 1 saturated heterocycles. The zero-order valence-electron chi connectivity index (χ0n) is 11.9. The highest BCUT2D eigenvalue weighted by Gasteiger charge is 2.22. The van der Waals surface area contributed by atoms with Crippen molar-refractivity contribution in [3.05, 3.63) is 28.7 Å². The Labute approximate surface area is 146 Å². The first kappa shape index (κ1) is 17.6. The average molecular weight is 453 g/mol. The zero-order valence-corrected chi connectivity index (χ0v) is 15.8. The predicted molar refractivity (Wildman–Crippen MR) is 100 cm³/mol. The van der Waals surface area contributed by atoms with Gasteiger partial charge >= 0.3 is 0 Å². The first-order valence-electron chi connectivity index (χ1n) is 6.62. The van der Waals surface area contributed by atoms with E-state index in [1.54, 1.807) is 7.05 Å². The third kappa shape index (κ3) is 4.80. The van der Waals surface area contributed by atoms with Crippen molar-refractivity contribution >= 4 is 51.6 Å². The molecule has 0 radical (unpaired) electrons. The Morgan fingerprint density at radius 2 is 2.30 bits per heavy atom. The van der Waals surface area contributed by atoms with Crippen LogP contribution in [-0.2, 0) is 0 Å². The maximum Gasteiger partial charge on any atom is 0.190 e. The highest BCUT2D eigenvalue weighted by atomic mass is 127. The van der Waals surface area contributed by atoms with Gasteiger partial charge in [-0.2, -0.15) is 0 Å². The first-order valence-corrected chi connectivity index (χ1v) is 7.41. The lowest BCUT2D eigenvalue weighted by molar-refractivity contribution is 0.568. The minimum atomic E-state index is 0. The van der Waals surface area contributed by atoms with Crippen molar-refractivity contribution in [1.29, 1.82) is 0 Å². The molecule has 1 fully saturated rings. The second-order valence-corrected chi connectivity index (χ2v) is 5.70. The molecule has 1 unspecified atom stereocenters. The Morgan fingerprint density at radius 3 is 2.95 bits per heavy atom. The molecule has 1 atom stereocenters. The van der Waals surface area contributed by atoms with Crippen molar-refractivity contribution in [3.63, 3.8) is 0 Å². The summed E-state index contributed by atoms with van der Waals surface area (Å²) in [5.41, 5.74) is 1.30. The van der Waals surface area contributed by atoms with E-state index in [0.29, 0.717) is 5.92 Å². The van der Waals surface area contributed by atoms with E-state index in [1.165, 1.54) is 12.1 Å². The van der Waals surface area contributed by atoms with Crippen molar-refractivity contribution in [2.75, 3.05) is 38.6 Å². The molecule has 2 N–H and O–H groups in total. The number of aliphatic imine (C=N–C) groups is 1. The lowest BCUT2D eigenvalue weighted by Crippen LogP contribution is -2.38. The maximum atomic E-state index is 4.13. The molecular weight excluding hydrogens is 431 g/mol. The predicted octanol–water partition coefficient (Wildman–Crippen LogP) is 2.69. The summed E-state index contributed by atoms with van der Waals surface area (Å²) in [7, 11) is 3.68. The van der Waals surface area contributed by atoms with Gasteiger partial charge in [-0.3, -0.25) is 4.99 Å². The topological polar surface area (TPSA) is 39.7 Å². The summed E-state index contributed by atoms with van der Waals surface area (Å²) in [4.78, 5) is 6.57. The largest absolute Gasteiger partial charge is 0.371 e. The SMILES string of the molecule is CN=C(NC)NCC1CCN(c2cccc(Br)c2)C1.I. The Balaban J connectivity index is 0.00000200. The third-order valence-electron chi connectivity index (χ3n) is 3.48. The number of rotatable bonds is 3. The van der Waals surface area contributed by atoms with Crippen LogP contribution in [0.5, 0.6) is 0 Å². The Hall–Kier alpha value is -0.500. The van der Waals surface area contributed by atoms with Gasteiger partial charge in [0, 0.05) is 43.9 Å². The number of benzene rings is 1. The van der Waals surface area contributed by atoms with Crippen LogP contribution in [0.1, 0.15) is 6.42 Å². The molecule has 1 heterocycles. The summed E-state index contributed by atoms with van der Waals surface area (Å²) in [5.74, 6) is 1.53. The van der Waals surface area contributed by atoms with Crippen molar-refractivity contribution in [3.8, 4) is 0 Å². The molecule has 112 valence electrons. The molecule has 0 amide bonds. The van der Waals surface area contributed by atoms with Gasteiger partial charge in [0.1, 0.15) is 0 Å². The molecule has 2 rings (SSSR count). The molecule has 0 saturated carbocycles. The van der Waals surface area contributed by atoms with Crippen LogP contribution in [0.4, 0.5) is 5.69 Å². The first-order chi connectivity index (χ1) is 9.22. The molecule has 6 heteroatoms. The lowest BCUT2D eigenvalue weighted by Gasteiger charge is -2.19. The number of nitrogens with zero attached hydrogens (tertiary/aromatic N) is 2. The van der Waals surface area contributed by atoms with Crippen LogP contribution in [0.2, 0.25) is 0 Å². The molecular formula is C14H22BrIN4. The number of guanidine groups is 1. The molecule has 1 aromatic carbocycles. The monoisotopic (exact) mass is 452 g/mol. The van der Waals surface area contributed by atoms with Crippen LogP contribution in [0.3, 0.4) is 0 Å². The second-order valence-electron chi connectivity index (χ2n) is 4.78. The number of hydrogen-bond donors (Lipinski definition) is 2. The van der Waals surface area contributed by atoms with E-state index < -0.39 is 0 Å². The van der Waals surface area contributed by atoms with Crippen molar-refractivity contribution in [2.24, 2.45) is 10.9 Å². The molecule has 1 aromatic rings. The minimum Gasteiger partial charge on any atom is -0.371 e. The molecule has 0 spiro atoms. The standard InChI is InChI=1S/C14H21BrN4.HI/c1-16-14(17-2)18-9-11-6-7-19(10-11)13-5-3-4-12(15)8-13;/h3-5,8,11H,6-7,9-10H2,1-2H3,(H2,16,17,18);1H. The normalized spacial score (nSPS) is 18.6. The quantitative estimate of drug-likeness (QED) is 0.420. The molecule has 4 nitrogen and oxygen atoms in total. The van der Waals surface area contributed by atoms with E-state index in [9.17, 15) is 0 Å². The van der Waals surface area contributed by atoms with Crippen molar-refractivity contribution < 1.29 is 0 Å². The third-order valence-corrected chi connectivity index (χ3v) is 3.97. The summed E-state index contributed by atoms with van der Waals surface area (Å²) in [6.45, 7) is 3.20. The van der Waals surface area contributed by atoms with E-state index >= 15 is 0 Å². The van der Waals surface area contributed by atoms with Gasteiger partial charge in [-0.25, -0.2) is 0 Å². The van der Waals surface area contributed by atoms with Gasteiger partial charge in [-0.05, 0) is 30.5 Å². The zero-order chi connectivity index (χ0) is 13.7. The van der Waals surface area contributed by atoms with Gasteiger partial charge in [0.15, 0.2) is 5.96 Å². The highest BCUT2D eigenvalue weighted by molar-refractivity contribution is 14.0. The lowest BCUT2D eigenvalue weighted by atomic mass is 10.1. The highest BCUT2D eigenvalue weighted by Crippen LogP contribution is 2.25. The number of halogens is 2. The number of hydrogen-bond acceptors (Lipinski definition) is 2. The molecule has 0 aliphatic carbocycles. The van der Waals surface area contributed by atoms with Crippen LogP contribution in [0.15, 0.2) is 33.7 Å². The van der Waals surface area contributed by atoms with Crippen molar-refractivity contribution in [1.82, 2.24) is 10.6 Å². The van der Waals surface area contributed by atoms with Gasteiger partial charge < -0.3 is 15.5 Å². The number of nitrogens with one attached hydrogen (secondary N) is 2. The van der Waals surface area contributed by atoms with Gasteiger partial charge in [-0.1, -0.05) is 22.0 Å². The van der Waals surface area contributed by atoms with Crippen LogP contribution in [-0.4, -0.2) is 39.7 Å². The summed E-state index contributed by atoms with van der Waals surface area (Å²) >= 11 is 3.53. The average Bonchev–Trinajstić information content (AvgIpc) is 2.89. The van der Waals surface area contributed by atoms with E-state index in [0.717, 1.165) is 30.1 Å². The van der Waals surface area contributed by atoms with E-state index in [4.69, 9.17) is 0 Å². The second kappa shape index (κ2) is 8.71. The summed E-state index contributed by atoms with van der Waals surface area (Å²) in [6, 6.07) is 8.51. The Bertz CT molecular complexity index is 453. The maximum absolute atomic E-state index is 4.13. The summed E-state index contributed by atoms with van der Waals surface area (Å²) < 4.78 is 1.14. The fourth-order valence-corrected chi connectivity index (χ4v) is 2.81. The Kier molecular flexibility index (Phi) is 7.65. The fourth-order valence-electron chi connectivity index (χ4n) is 2.43. The van der Waals surface area contributed by atoms with Crippen molar-refractivity contribution in [2.45, 2.75) is 6.42 Å². The van der Waals surface area contributed by atoms with Gasteiger partial charge in [0.25, 0.3) is 0 Å². The minimum absolute atomic E-state index is 0. The molecule has 20 heavy (non-hydrogen) atoms. The molecule has 1 aliphatic rings. The van der Waals surface area contributed by atoms with Crippen LogP contribution < -0.4 is 15.5 Å². The molecule has 0 bridgehead atoms. The van der Waals surface area contributed by atoms with Crippen LogP contribution in [0, 0.1) is 5.92 Å². The molecule has 0 aromatic heterocycles. The van der Waals surface area contributed by atoms with Gasteiger partial charge in [0.2, 0.25) is 0 Å². The van der Waals surface area contributed by atoms with Gasteiger partial charge in [0.05, 0.1) is 0 Å². The van der Waals surface area contributed by atoms with Gasteiger partial charge in [-0.15, -0.1) is 24.0 Å². The molecule has 1 aliphatic heterocycles. The van der Waals surface area contributed by atoms with Crippen LogP contribution in [0.25, 0.3) is 0 Å². The van der Waals surface area contributed by atoms with E-state index in [2.05, 4.69) is 60.7 Å². The summed E-state index contributed by atoms with van der Waals surface area (Å²) in [5, 5.41) is 6.39. The van der Waals surface area contributed by atoms with E-state index in [-0.39, 0.29) is 24.0 Å². The Morgan fingerprint density at radius 1 is 1.50 bits per heavy atom. The summed E-state index contributed by atoms with van der Waals surface area (Å²) in [6.07, 6.45) is 1.22. The number of anilines is 1. The fraction of sp³-hybridized carbons (Fsp3) is 0.500. The van der Waals surface area contributed by atoms with Crippen LogP contribution >= 0.6 is 39.9 Å².